The Morgan fingerprint density at radius 2 is 2.11 bits per heavy atom. The van der Waals surface area contributed by atoms with E-state index in [4.69, 9.17) is 15.2 Å². The van der Waals surface area contributed by atoms with Crippen molar-refractivity contribution in [3.05, 3.63) is 29.3 Å². The van der Waals surface area contributed by atoms with Crippen LogP contribution in [0.25, 0.3) is 0 Å². The summed E-state index contributed by atoms with van der Waals surface area (Å²) in [5.41, 5.74) is 8.80. The van der Waals surface area contributed by atoms with Gasteiger partial charge in [0, 0.05) is 19.8 Å². The third kappa shape index (κ3) is 3.47. The third-order valence-corrected chi connectivity index (χ3v) is 3.49. The van der Waals surface area contributed by atoms with Gasteiger partial charge in [-0.2, -0.15) is 0 Å². The summed E-state index contributed by atoms with van der Waals surface area (Å²) in [6, 6.07) is 6.53. The second kappa shape index (κ2) is 6.76. The number of benzene rings is 1. The molecule has 0 aliphatic heterocycles. The Kier molecular flexibility index (Phi) is 5.02. The molecule has 0 heterocycles. The van der Waals surface area contributed by atoms with E-state index < -0.39 is 0 Å². The monoisotopic (exact) mass is 249 g/mol. The molecule has 100 valence electrons. The lowest BCUT2D eigenvalue weighted by Gasteiger charge is -2.22. The fraction of sp³-hybridized carbons (Fsp3) is 0.600. The van der Waals surface area contributed by atoms with Crippen molar-refractivity contribution >= 4 is 0 Å². The standard InChI is InChI=1S/C15H23NO2/c1-17-9-2-3-10-18-13-8-7-12-5-4-6-15(16)14(12)11-13/h7-8,11,15H,2-6,9-10,16H2,1H3. The van der Waals surface area contributed by atoms with E-state index in [0.717, 1.165) is 44.6 Å². The zero-order valence-corrected chi connectivity index (χ0v) is 11.2. The Labute approximate surface area is 109 Å². The van der Waals surface area contributed by atoms with Crippen molar-refractivity contribution in [2.75, 3.05) is 20.3 Å². The van der Waals surface area contributed by atoms with Crippen molar-refractivity contribution in [3.8, 4) is 5.75 Å². The summed E-state index contributed by atoms with van der Waals surface area (Å²) in [5.74, 6) is 0.948. The van der Waals surface area contributed by atoms with Gasteiger partial charge in [0.15, 0.2) is 0 Å². The lowest BCUT2D eigenvalue weighted by Crippen LogP contribution is -2.17. The van der Waals surface area contributed by atoms with Crippen molar-refractivity contribution in [2.24, 2.45) is 5.73 Å². The maximum atomic E-state index is 6.14. The Morgan fingerprint density at radius 1 is 1.28 bits per heavy atom. The van der Waals surface area contributed by atoms with Gasteiger partial charge in [-0.25, -0.2) is 0 Å². The molecule has 3 heteroatoms. The van der Waals surface area contributed by atoms with E-state index in [2.05, 4.69) is 18.2 Å². The number of rotatable bonds is 6. The molecule has 1 aromatic carbocycles. The van der Waals surface area contributed by atoms with Gasteiger partial charge < -0.3 is 15.2 Å². The quantitative estimate of drug-likeness (QED) is 0.788. The highest BCUT2D eigenvalue weighted by Crippen LogP contribution is 2.30. The molecule has 2 N–H and O–H groups in total. The van der Waals surface area contributed by atoms with Gasteiger partial charge in [0.05, 0.1) is 6.61 Å². The molecule has 0 bridgehead atoms. The minimum absolute atomic E-state index is 0.186. The van der Waals surface area contributed by atoms with Crippen LogP contribution in [0, 0.1) is 0 Å². The van der Waals surface area contributed by atoms with Crippen molar-refractivity contribution < 1.29 is 9.47 Å². The molecule has 0 saturated carbocycles. The van der Waals surface area contributed by atoms with Crippen LogP contribution in [-0.2, 0) is 11.2 Å². The van der Waals surface area contributed by atoms with Crippen LogP contribution in [0.3, 0.4) is 0 Å². The number of ether oxygens (including phenoxy) is 2. The maximum absolute atomic E-state index is 6.14. The molecule has 0 spiro atoms. The Bertz CT molecular complexity index is 379. The van der Waals surface area contributed by atoms with Crippen LogP contribution in [0.2, 0.25) is 0 Å². The van der Waals surface area contributed by atoms with E-state index in [9.17, 15) is 0 Å². The zero-order valence-electron chi connectivity index (χ0n) is 11.2. The van der Waals surface area contributed by atoms with Crippen molar-refractivity contribution in [1.82, 2.24) is 0 Å². The van der Waals surface area contributed by atoms with Gasteiger partial charge in [-0.15, -0.1) is 0 Å². The lowest BCUT2D eigenvalue weighted by molar-refractivity contribution is 0.184. The van der Waals surface area contributed by atoms with Crippen LogP contribution in [0.1, 0.15) is 42.9 Å². The third-order valence-electron chi connectivity index (χ3n) is 3.49. The normalized spacial score (nSPS) is 18.4. The molecule has 0 amide bonds. The largest absolute Gasteiger partial charge is 0.494 e. The topological polar surface area (TPSA) is 44.5 Å². The Hall–Kier alpha value is -1.06. The average molecular weight is 249 g/mol. The number of nitrogens with two attached hydrogens (primary N) is 1. The predicted octanol–water partition coefficient (Wildman–Crippen LogP) is 2.83. The summed E-state index contributed by atoms with van der Waals surface area (Å²) in [5, 5.41) is 0. The van der Waals surface area contributed by atoms with Crippen LogP contribution in [0.4, 0.5) is 0 Å². The van der Waals surface area contributed by atoms with E-state index in [-0.39, 0.29) is 6.04 Å². The fourth-order valence-electron chi connectivity index (χ4n) is 2.44. The highest BCUT2D eigenvalue weighted by atomic mass is 16.5. The molecule has 1 aromatic rings. The lowest BCUT2D eigenvalue weighted by atomic mass is 9.88. The number of fused-ring (bicyclic) bond motifs is 1. The minimum Gasteiger partial charge on any atom is -0.494 e. The van der Waals surface area contributed by atoms with Crippen LogP contribution >= 0.6 is 0 Å². The van der Waals surface area contributed by atoms with Crippen LogP contribution in [-0.4, -0.2) is 20.3 Å². The Morgan fingerprint density at radius 3 is 2.94 bits per heavy atom. The zero-order chi connectivity index (χ0) is 12.8. The molecule has 3 nitrogen and oxygen atoms in total. The molecule has 0 saturated heterocycles. The van der Waals surface area contributed by atoms with Crippen LogP contribution in [0.15, 0.2) is 18.2 Å². The first kappa shape index (κ1) is 13.4. The van der Waals surface area contributed by atoms with E-state index >= 15 is 0 Å². The molecule has 0 fully saturated rings. The SMILES string of the molecule is COCCCCOc1ccc2c(c1)C(N)CCC2. The van der Waals surface area contributed by atoms with Crippen LogP contribution < -0.4 is 10.5 Å². The van der Waals surface area contributed by atoms with Gasteiger partial charge in [-0.1, -0.05) is 6.07 Å². The smallest absolute Gasteiger partial charge is 0.119 e. The molecule has 1 atom stereocenters. The van der Waals surface area contributed by atoms with Gasteiger partial charge in [0.1, 0.15) is 5.75 Å². The maximum Gasteiger partial charge on any atom is 0.119 e. The van der Waals surface area contributed by atoms with Crippen molar-refractivity contribution in [1.29, 1.82) is 0 Å². The number of hydrogen-bond acceptors (Lipinski definition) is 3. The summed E-state index contributed by atoms with van der Waals surface area (Å²) in [6.45, 7) is 1.55. The number of aryl methyl sites for hydroxylation is 1. The highest BCUT2D eigenvalue weighted by Gasteiger charge is 2.17. The first-order valence-electron chi connectivity index (χ1n) is 6.81. The second-order valence-corrected chi connectivity index (χ2v) is 4.91. The average Bonchev–Trinajstić information content (AvgIpc) is 2.39. The van der Waals surface area contributed by atoms with E-state index in [1.165, 1.54) is 17.5 Å². The first-order valence-corrected chi connectivity index (χ1v) is 6.81. The summed E-state index contributed by atoms with van der Waals surface area (Å²) < 4.78 is 10.8. The molecule has 0 radical (unpaired) electrons. The Balaban J connectivity index is 1.88. The van der Waals surface area contributed by atoms with Gasteiger partial charge in [-0.05, 0) is 55.4 Å². The summed E-state index contributed by atoms with van der Waals surface area (Å²) >= 11 is 0. The van der Waals surface area contributed by atoms with E-state index in [0.29, 0.717) is 0 Å². The second-order valence-electron chi connectivity index (χ2n) is 4.91. The van der Waals surface area contributed by atoms with Crippen molar-refractivity contribution in [3.63, 3.8) is 0 Å². The van der Waals surface area contributed by atoms with Gasteiger partial charge in [0.25, 0.3) is 0 Å². The molecule has 2 rings (SSSR count). The molecular formula is C15H23NO2. The van der Waals surface area contributed by atoms with Gasteiger partial charge in [0.2, 0.25) is 0 Å². The van der Waals surface area contributed by atoms with Gasteiger partial charge in [-0.3, -0.25) is 0 Å². The number of methoxy groups -OCH3 is 1. The van der Waals surface area contributed by atoms with E-state index in [1.54, 1.807) is 7.11 Å². The number of hydrogen-bond donors (Lipinski definition) is 1. The summed E-state index contributed by atoms with van der Waals surface area (Å²) in [6.07, 6.45) is 5.50. The highest BCUT2D eigenvalue weighted by molar-refractivity contribution is 5.39. The molecule has 1 aliphatic rings. The van der Waals surface area contributed by atoms with E-state index in [1.807, 2.05) is 0 Å². The first-order chi connectivity index (χ1) is 8.81. The molecule has 0 aromatic heterocycles. The molecular weight excluding hydrogens is 226 g/mol. The predicted molar refractivity (Wildman–Crippen MR) is 72.9 cm³/mol. The summed E-state index contributed by atoms with van der Waals surface area (Å²) in [4.78, 5) is 0. The summed E-state index contributed by atoms with van der Waals surface area (Å²) in [7, 11) is 1.73. The fourth-order valence-corrected chi connectivity index (χ4v) is 2.44. The minimum atomic E-state index is 0.186. The molecule has 1 unspecified atom stereocenters. The van der Waals surface area contributed by atoms with Gasteiger partial charge >= 0.3 is 0 Å². The molecule has 18 heavy (non-hydrogen) atoms. The van der Waals surface area contributed by atoms with Crippen LogP contribution in [0.5, 0.6) is 5.75 Å². The molecule has 1 aliphatic carbocycles. The number of unbranched alkanes of at least 4 members (excludes halogenated alkanes) is 1. The van der Waals surface area contributed by atoms with Crippen molar-refractivity contribution in [2.45, 2.75) is 38.1 Å².